The Bertz CT molecular complexity index is 1140. The minimum absolute atomic E-state index is 0.0873. The van der Waals surface area contributed by atoms with Crippen LogP contribution in [0.1, 0.15) is 42.3 Å². The van der Waals surface area contributed by atoms with Gasteiger partial charge in [-0.15, -0.1) is 13.2 Å². The number of nitrogens with one attached hydrogen (secondary N) is 4. The van der Waals surface area contributed by atoms with Gasteiger partial charge in [0.15, 0.2) is 0 Å². The SMILES string of the molecule is CC(C)(C)NC(=O)C(CNCc1ccc(OC(F)(F)F)cc1)NC(=O)CNC(=O)c1cccc(C(F)(F)F)c1. The number of amides is 3. The molecule has 0 aromatic heterocycles. The summed E-state index contributed by atoms with van der Waals surface area (Å²) in [5.74, 6) is -2.64. The highest BCUT2D eigenvalue weighted by atomic mass is 19.4. The van der Waals surface area contributed by atoms with Gasteiger partial charge in [0.2, 0.25) is 11.8 Å². The molecule has 0 radical (unpaired) electrons. The first-order valence-electron chi connectivity index (χ1n) is 11.6. The molecule has 0 heterocycles. The van der Waals surface area contributed by atoms with Crippen LogP contribution in [0.4, 0.5) is 26.3 Å². The predicted molar refractivity (Wildman–Crippen MR) is 128 cm³/mol. The van der Waals surface area contributed by atoms with Crippen molar-refractivity contribution >= 4 is 17.7 Å². The largest absolute Gasteiger partial charge is 0.573 e. The lowest BCUT2D eigenvalue weighted by Gasteiger charge is -2.26. The van der Waals surface area contributed by atoms with Crippen molar-refractivity contribution in [2.45, 2.75) is 51.4 Å². The van der Waals surface area contributed by atoms with Crippen molar-refractivity contribution in [3.63, 3.8) is 0 Å². The summed E-state index contributed by atoms with van der Waals surface area (Å²) in [4.78, 5) is 37.4. The zero-order valence-corrected chi connectivity index (χ0v) is 21.2. The van der Waals surface area contributed by atoms with Crippen LogP contribution in [0.15, 0.2) is 48.5 Å². The number of carbonyl (C=O) groups excluding carboxylic acids is 3. The molecule has 0 aliphatic rings. The average Bonchev–Trinajstić information content (AvgIpc) is 2.80. The number of rotatable bonds is 10. The lowest BCUT2D eigenvalue weighted by Crippen LogP contribution is -2.56. The van der Waals surface area contributed by atoms with E-state index in [2.05, 4.69) is 26.0 Å². The van der Waals surface area contributed by atoms with Gasteiger partial charge >= 0.3 is 12.5 Å². The number of alkyl halides is 6. The van der Waals surface area contributed by atoms with E-state index in [1.54, 1.807) is 20.8 Å². The quantitative estimate of drug-likeness (QED) is 0.332. The zero-order valence-electron chi connectivity index (χ0n) is 21.2. The van der Waals surface area contributed by atoms with Crippen molar-refractivity contribution in [2.24, 2.45) is 0 Å². The smallest absolute Gasteiger partial charge is 0.406 e. The highest BCUT2D eigenvalue weighted by Gasteiger charge is 2.32. The molecule has 4 N–H and O–H groups in total. The third-order valence-corrected chi connectivity index (χ3v) is 4.85. The first-order chi connectivity index (χ1) is 17.9. The minimum Gasteiger partial charge on any atom is -0.406 e. The van der Waals surface area contributed by atoms with Gasteiger partial charge in [0.05, 0.1) is 12.1 Å². The molecule has 2 rings (SSSR count). The molecule has 14 heteroatoms. The summed E-state index contributed by atoms with van der Waals surface area (Å²) in [6, 6.07) is 7.60. The van der Waals surface area contributed by atoms with E-state index in [4.69, 9.17) is 0 Å². The molecule has 8 nitrogen and oxygen atoms in total. The molecule has 2 aromatic carbocycles. The molecular formula is C25H28F6N4O4. The molecule has 0 aliphatic carbocycles. The molecule has 3 amide bonds. The number of ether oxygens (including phenoxy) is 1. The van der Waals surface area contributed by atoms with Crippen LogP contribution in [-0.2, 0) is 22.3 Å². The van der Waals surface area contributed by atoms with E-state index in [9.17, 15) is 40.7 Å². The predicted octanol–water partition coefficient (Wildman–Crippen LogP) is 3.52. The van der Waals surface area contributed by atoms with Crippen LogP contribution < -0.4 is 26.0 Å². The van der Waals surface area contributed by atoms with Gasteiger partial charge in [-0.25, -0.2) is 0 Å². The average molecular weight is 563 g/mol. The lowest BCUT2D eigenvalue weighted by molar-refractivity contribution is -0.274. The van der Waals surface area contributed by atoms with Crippen molar-refractivity contribution in [1.82, 2.24) is 21.3 Å². The molecule has 2 aromatic rings. The Kier molecular flexibility index (Phi) is 10.3. The van der Waals surface area contributed by atoms with Crippen molar-refractivity contribution < 1.29 is 45.5 Å². The first-order valence-corrected chi connectivity index (χ1v) is 11.6. The van der Waals surface area contributed by atoms with Crippen LogP contribution in [-0.4, -0.2) is 48.8 Å². The Morgan fingerprint density at radius 1 is 0.923 bits per heavy atom. The Morgan fingerprint density at radius 3 is 2.13 bits per heavy atom. The third kappa shape index (κ3) is 11.6. The summed E-state index contributed by atoms with van der Waals surface area (Å²) < 4.78 is 79.4. The number of halogens is 6. The molecule has 1 unspecified atom stereocenters. The molecule has 0 spiro atoms. The molecule has 1 atom stereocenters. The van der Waals surface area contributed by atoms with Gasteiger partial charge in [-0.3, -0.25) is 14.4 Å². The van der Waals surface area contributed by atoms with Crippen LogP contribution in [0.25, 0.3) is 0 Å². The number of carbonyl (C=O) groups is 3. The van der Waals surface area contributed by atoms with Crippen molar-refractivity contribution in [3.05, 3.63) is 65.2 Å². The molecular weight excluding hydrogens is 534 g/mol. The monoisotopic (exact) mass is 562 g/mol. The second kappa shape index (κ2) is 12.8. The van der Waals surface area contributed by atoms with Crippen LogP contribution in [0.5, 0.6) is 5.75 Å². The topological polar surface area (TPSA) is 109 Å². The van der Waals surface area contributed by atoms with Crippen LogP contribution in [0.3, 0.4) is 0 Å². The molecule has 0 aliphatic heterocycles. The van der Waals surface area contributed by atoms with E-state index in [-0.39, 0.29) is 18.7 Å². The van der Waals surface area contributed by atoms with Crippen LogP contribution in [0, 0.1) is 0 Å². The maximum absolute atomic E-state index is 12.9. The minimum atomic E-state index is -4.82. The van der Waals surface area contributed by atoms with E-state index in [1.807, 2.05) is 0 Å². The van der Waals surface area contributed by atoms with Gasteiger partial charge in [-0.1, -0.05) is 18.2 Å². The second-order valence-corrected chi connectivity index (χ2v) is 9.44. The summed E-state index contributed by atoms with van der Waals surface area (Å²) in [5.41, 5.74) is -1.40. The molecule has 0 saturated carbocycles. The summed E-state index contributed by atoms with van der Waals surface area (Å²) in [6.45, 7) is 4.59. The van der Waals surface area contributed by atoms with E-state index in [0.717, 1.165) is 30.3 Å². The van der Waals surface area contributed by atoms with Gasteiger partial charge in [0, 0.05) is 24.2 Å². The Balaban J connectivity index is 1.97. The highest BCUT2D eigenvalue weighted by Crippen LogP contribution is 2.29. The van der Waals surface area contributed by atoms with E-state index >= 15 is 0 Å². The molecule has 0 bridgehead atoms. The van der Waals surface area contributed by atoms with E-state index in [0.29, 0.717) is 11.6 Å². The number of hydrogen-bond donors (Lipinski definition) is 4. The van der Waals surface area contributed by atoms with Crippen molar-refractivity contribution in [2.75, 3.05) is 13.1 Å². The molecule has 39 heavy (non-hydrogen) atoms. The van der Waals surface area contributed by atoms with Gasteiger partial charge in [-0.05, 0) is 56.7 Å². The summed E-state index contributed by atoms with van der Waals surface area (Å²) in [7, 11) is 0. The molecule has 214 valence electrons. The normalized spacial score (nSPS) is 12.8. The fourth-order valence-electron chi connectivity index (χ4n) is 3.18. The second-order valence-electron chi connectivity index (χ2n) is 9.44. The zero-order chi connectivity index (χ0) is 29.4. The van der Waals surface area contributed by atoms with Crippen LogP contribution in [0.2, 0.25) is 0 Å². The van der Waals surface area contributed by atoms with Crippen LogP contribution >= 0.6 is 0 Å². The molecule has 0 fully saturated rings. The number of hydrogen-bond acceptors (Lipinski definition) is 5. The Labute approximate surface area is 220 Å². The lowest BCUT2D eigenvalue weighted by atomic mass is 10.1. The standard InChI is InChI=1S/C25H28F6N4O4/c1-23(2,3)35-22(38)19(13-32-12-15-7-9-18(10-8-15)39-25(29,30)31)34-20(36)14-33-21(37)16-5-4-6-17(11-16)24(26,27)28/h4-11,19,32H,12-14H2,1-3H3,(H,33,37)(H,34,36)(H,35,38). The summed E-state index contributed by atoms with van der Waals surface area (Å²) in [5, 5.41) is 10.3. The third-order valence-electron chi connectivity index (χ3n) is 4.85. The first kappa shape index (κ1) is 31.4. The maximum Gasteiger partial charge on any atom is 0.573 e. The Morgan fingerprint density at radius 2 is 1.56 bits per heavy atom. The highest BCUT2D eigenvalue weighted by molar-refractivity contribution is 5.97. The van der Waals surface area contributed by atoms with Crippen molar-refractivity contribution in [3.8, 4) is 5.75 Å². The van der Waals surface area contributed by atoms with Gasteiger partial charge in [-0.2, -0.15) is 13.2 Å². The molecule has 0 saturated heterocycles. The Hall–Kier alpha value is -3.81. The van der Waals surface area contributed by atoms with Gasteiger partial charge < -0.3 is 26.0 Å². The van der Waals surface area contributed by atoms with Gasteiger partial charge in [0.25, 0.3) is 5.91 Å². The summed E-state index contributed by atoms with van der Waals surface area (Å²) >= 11 is 0. The van der Waals surface area contributed by atoms with E-state index in [1.165, 1.54) is 12.1 Å². The maximum atomic E-state index is 12.9. The fraction of sp³-hybridized carbons (Fsp3) is 0.400. The number of benzene rings is 2. The fourth-order valence-corrected chi connectivity index (χ4v) is 3.18. The van der Waals surface area contributed by atoms with Gasteiger partial charge in [0.1, 0.15) is 11.8 Å². The van der Waals surface area contributed by atoms with E-state index < -0.39 is 59.7 Å². The van der Waals surface area contributed by atoms with Crippen molar-refractivity contribution in [1.29, 1.82) is 0 Å². The summed E-state index contributed by atoms with van der Waals surface area (Å²) in [6.07, 6.45) is -9.47.